The first-order valence-electron chi connectivity index (χ1n) is 3.43. The largest absolute Gasteiger partial charge is 0.392 e. The van der Waals surface area contributed by atoms with Gasteiger partial charge < -0.3 is 5.11 Å². The van der Waals surface area contributed by atoms with Crippen molar-refractivity contribution in [2.75, 3.05) is 6.61 Å². The van der Waals surface area contributed by atoms with Gasteiger partial charge in [0.15, 0.2) is 0 Å². The normalized spacial score (nSPS) is 12.8. The van der Waals surface area contributed by atoms with Gasteiger partial charge in [-0.05, 0) is 19.3 Å². The van der Waals surface area contributed by atoms with Crippen molar-refractivity contribution in [3.63, 3.8) is 0 Å². The Morgan fingerprint density at radius 3 is 2.44 bits per heavy atom. The average Bonchev–Trinajstić information content (AvgIpc) is 1.83. The van der Waals surface area contributed by atoms with Crippen molar-refractivity contribution in [1.29, 1.82) is 0 Å². The molecule has 0 aromatic carbocycles. The molecule has 0 aliphatic heterocycles. The minimum absolute atomic E-state index is 0.201. The number of aliphatic hydroxyl groups is 1. The van der Waals surface area contributed by atoms with Gasteiger partial charge in [0.25, 0.3) is 0 Å². The Kier molecular flexibility index (Phi) is 4.41. The van der Waals surface area contributed by atoms with Crippen LogP contribution in [0.4, 0.5) is 0 Å². The van der Waals surface area contributed by atoms with Gasteiger partial charge in [0, 0.05) is 0 Å². The third-order valence-corrected chi connectivity index (χ3v) is 1.19. The van der Waals surface area contributed by atoms with E-state index in [1.807, 2.05) is 6.92 Å². The van der Waals surface area contributed by atoms with Crippen molar-refractivity contribution in [3.8, 4) is 0 Å². The molecule has 0 amide bonds. The van der Waals surface area contributed by atoms with Gasteiger partial charge in [0.2, 0.25) is 0 Å². The van der Waals surface area contributed by atoms with Crippen molar-refractivity contribution in [2.24, 2.45) is 5.92 Å². The van der Waals surface area contributed by atoms with Crippen molar-refractivity contribution in [2.45, 2.75) is 27.2 Å². The standard InChI is InChI=1S/C8H16O/c1-7(2)4-5-8(3)6-9/h5,7,9H,4,6H2,1-3H3/b8-5+. The van der Waals surface area contributed by atoms with Crippen LogP contribution in [0.5, 0.6) is 0 Å². The van der Waals surface area contributed by atoms with Gasteiger partial charge in [-0.2, -0.15) is 0 Å². The lowest BCUT2D eigenvalue weighted by Crippen LogP contribution is -1.87. The molecule has 1 heteroatoms. The van der Waals surface area contributed by atoms with Gasteiger partial charge in [-0.15, -0.1) is 0 Å². The molecule has 0 heterocycles. The zero-order valence-electron chi connectivity index (χ0n) is 6.52. The summed E-state index contributed by atoms with van der Waals surface area (Å²) in [5.74, 6) is 0.700. The Hall–Kier alpha value is -0.300. The summed E-state index contributed by atoms with van der Waals surface area (Å²) in [5.41, 5.74) is 1.07. The summed E-state index contributed by atoms with van der Waals surface area (Å²) in [6.07, 6.45) is 3.16. The quantitative estimate of drug-likeness (QED) is 0.576. The number of hydrogen-bond acceptors (Lipinski definition) is 1. The van der Waals surface area contributed by atoms with Crippen molar-refractivity contribution in [3.05, 3.63) is 11.6 Å². The Morgan fingerprint density at radius 2 is 2.11 bits per heavy atom. The molecule has 9 heavy (non-hydrogen) atoms. The second-order valence-electron chi connectivity index (χ2n) is 2.84. The monoisotopic (exact) mass is 128 g/mol. The van der Waals surface area contributed by atoms with Crippen LogP contribution < -0.4 is 0 Å². The lowest BCUT2D eigenvalue weighted by atomic mass is 10.1. The molecular formula is C8H16O. The highest BCUT2D eigenvalue weighted by Crippen LogP contribution is 2.02. The molecule has 0 atom stereocenters. The third kappa shape index (κ3) is 5.57. The summed E-state index contributed by atoms with van der Waals surface area (Å²) < 4.78 is 0. The fourth-order valence-corrected chi connectivity index (χ4v) is 0.501. The van der Waals surface area contributed by atoms with E-state index in [0.29, 0.717) is 5.92 Å². The van der Waals surface area contributed by atoms with Gasteiger partial charge in [-0.3, -0.25) is 0 Å². The van der Waals surface area contributed by atoms with E-state index in [-0.39, 0.29) is 6.61 Å². The fourth-order valence-electron chi connectivity index (χ4n) is 0.501. The first-order valence-corrected chi connectivity index (χ1v) is 3.43. The van der Waals surface area contributed by atoms with Gasteiger partial charge in [-0.1, -0.05) is 25.5 Å². The third-order valence-electron chi connectivity index (χ3n) is 1.19. The van der Waals surface area contributed by atoms with Crippen LogP contribution in [0.15, 0.2) is 11.6 Å². The molecule has 0 aromatic heterocycles. The molecule has 0 aliphatic carbocycles. The maximum absolute atomic E-state index is 8.58. The molecule has 0 rings (SSSR count). The van der Waals surface area contributed by atoms with Crippen LogP contribution in [-0.4, -0.2) is 11.7 Å². The van der Waals surface area contributed by atoms with E-state index in [9.17, 15) is 0 Å². The van der Waals surface area contributed by atoms with Crippen LogP contribution in [0.25, 0.3) is 0 Å². The Labute approximate surface area is 57.4 Å². The summed E-state index contributed by atoms with van der Waals surface area (Å²) in [4.78, 5) is 0. The maximum Gasteiger partial charge on any atom is 0.0639 e. The van der Waals surface area contributed by atoms with Crippen LogP contribution in [0.3, 0.4) is 0 Å². The number of rotatable bonds is 3. The topological polar surface area (TPSA) is 20.2 Å². The Balaban J connectivity index is 3.43. The summed E-state index contributed by atoms with van der Waals surface area (Å²) >= 11 is 0. The molecular weight excluding hydrogens is 112 g/mol. The SMILES string of the molecule is C/C(=C\CC(C)C)CO. The fraction of sp³-hybridized carbons (Fsp3) is 0.750. The summed E-state index contributed by atoms with van der Waals surface area (Å²) in [6, 6.07) is 0. The minimum atomic E-state index is 0.201. The van der Waals surface area contributed by atoms with E-state index in [1.165, 1.54) is 0 Å². The van der Waals surface area contributed by atoms with Crippen molar-refractivity contribution >= 4 is 0 Å². The van der Waals surface area contributed by atoms with Gasteiger partial charge in [0.1, 0.15) is 0 Å². The predicted molar refractivity (Wildman–Crippen MR) is 40.3 cm³/mol. The van der Waals surface area contributed by atoms with E-state index >= 15 is 0 Å². The first-order chi connectivity index (χ1) is 4.16. The lowest BCUT2D eigenvalue weighted by molar-refractivity contribution is 0.330. The lowest BCUT2D eigenvalue weighted by Gasteiger charge is -1.98. The molecule has 0 fully saturated rings. The van der Waals surface area contributed by atoms with Crippen LogP contribution in [-0.2, 0) is 0 Å². The summed E-state index contributed by atoms with van der Waals surface area (Å²) in [6.45, 7) is 6.48. The number of hydrogen-bond donors (Lipinski definition) is 1. The zero-order chi connectivity index (χ0) is 7.28. The van der Waals surface area contributed by atoms with Crippen LogP contribution in [0.1, 0.15) is 27.2 Å². The van der Waals surface area contributed by atoms with Crippen molar-refractivity contribution in [1.82, 2.24) is 0 Å². The molecule has 0 unspecified atom stereocenters. The van der Waals surface area contributed by atoms with Crippen LogP contribution in [0.2, 0.25) is 0 Å². The highest BCUT2D eigenvalue weighted by atomic mass is 16.3. The van der Waals surface area contributed by atoms with Crippen LogP contribution in [0, 0.1) is 5.92 Å². The zero-order valence-corrected chi connectivity index (χ0v) is 6.52. The molecule has 54 valence electrons. The molecule has 0 saturated heterocycles. The van der Waals surface area contributed by atoms with Gasteiger partial charge in [-0.25, -0.2) is 0 Å². The first kappa shape index (κ1) is 8.70. The molecule has 0 saturated carbocycles. The molecule has 0 spiro atoms. The highest BCUT2D eigenvalue weighted by molar-refractivity contribution is 4.97. The minimum Gasteiger partial charge on any atom is -0.392 e. The van der Waals surface area contributed by atoms with E-state index in [1.54, 1.807) is 0 Å². The average molecular weight is 128 g/mol. The van der Waals surface area contributed by atoms with Crippen LogP contribution >= 0.6 is 0 Å². The smallest absolute Gasteiger partial charge is 0.0639 e. The molecule has 1 N–H and O–H groups in total. The highest BCUT2D eigenvalue weighted by Gasteiger charge is 1.89. The molecule has 0 radical (unpaired) electrons. The molecule has 0 bridgehead atoms. The number of allylic oxidation sites excluding steroid dienone is 1. The van der Waals surface area contributed by atoms with E-state index in [0.717, 1.165) is 12.0 Å². The molecule has 0 aromatic rings. The second-order valence-corrected chi connectivity index (χ2v) is 2.84. The molecule has 1 nitrogen and oxygen atoms in total. The van der Waals surface area contributed by atoms with E-state index < -0.39 is 0 Å². The Bertz CT molecular complexity index is 92.7. The summed E-state index contributed by atoms with van der Waals surface area (Å²) in [7, 11) is 0. The van der Waals surface area contributed by atoms with Gasteiger partial charge in [0.05, 0.1) is 6.61 Å². The maximum atomic E-state index is 8.58. The molecule has 0 aliphatic rings. The second kappa shape index (κ2) is 4.57. The van der Waals surface area contributed by atoms with E-state index in [4.69, 9.17) is 5.11 Å². The summed E-state index contributed by atoms with van der Waals surface area (Å²) in [5, 5.41) is 8.58. The predicted octanol–water partition coefficient (Wildman–Crippen LogP) is 1.97. The van der Waals surface area contributed by atoms with Gasteiger partial charge >= 0.3 is 0 Å². The number of aliphatic hydroxyl groups excluding tert-OH is 1. The van der Waals surface area contributed by atoms with E-state index in [2.05, 4.69) is 19.9 Å². The van der Waals surface area contributed by atoms with Crippen molar-refractivity contribution < 1.29 is 5.11 Å². The Morgan fingerprint density at radius 1 is 1.56 bits per heavy atom.